The van der Waals surface area contributed by atoms with Gasteiger partial charge in [0.25, 0.3) is 0 Å². The summed E-state index contributed by atoms with van der Waals surface area (Å²) in [6, 6.07) is 16.9. The molecule has 0 fully saturated rings. The monoisotopic (exact) mass is 387 g/mol. The number of methoxy groups -OCH3 is 1. The topological polar surface area (TPSA) is 48.3 Å². The average molecular weight is 387 g/mol. The van der Waals surface area contributed by atoms with E-state index >= 15 is 0 Å². The van der Waals surface area contributed by atoms with Crippen molar-refractivity contribution in [1.82, 2.24) is 4.57 Å². The van der Waals surface area contributed by atoms with Crippen LogP contribution in [0, 0.1) is 0 Å². The van der Waals surface area contributed by atoms with E-state index < -0.39 is 0 Å². The lowest BCUT2D eigenvalue weighted by Gasteiger charge is -2.12. The highest BCUT2D eigenvalue weighted by Crippen LogP contribution is 2.33. The molecule has 0 atom stereocenters. The lowest BCUT2D eigenvalue weighted by atomic mass is 9.96. The number of ether oxygens (including phenoxy) is 1. The molecule has 0 saturated heterocycles. The van der Waals surface area contributed by atoms with Crippen molar-refractivity contribution in [1.29, 1.82) is 0 Å². The Morgan fingerprint density at radius 1 is 1.07 bits per heavy atom. The van der Waals surface area contributed by atoms with Gasteiger partial charge in [0.1, 0.15) is 12.0 Å². The number of aromatic nitrogens is 1. The molecule has 0 saturated carbocycles. The van der Waals surface area contributed by atoms with E-state index in [1.165, 1.54) is 6.08 Å². The van der Waals surface area contributed by atoms with Crippen LogP contribution in [0.15, 0.2) is 66.9 Å². The minimum atomic E-state index is -0.0581. The molecule has 0 spiro atoms. The van der Waals surface area contributed by atoms with Crippen LogP contribution in [0.25, 0.3) is 17.3 Å². The van der Waals surface area contributed by atoms with Gasteiger partial charge >= 0.3 is 0 Å². The van der Waals surface area contributed by atoms with Gasteiger partial charge in [0.05, 0.1) is 18.4 Å². The van der Waals surface area contributed by atoms with Crippen molar-refractivity contribution in [3.05, 3.63) is 83.6 Å². The van der Waals surface area contributed by atoms with Gasteiger partial charge in [-0.1, -0.05) is 43.7 Å². The molecular formula is C25H25NO3. The molecule has 0 aliphatic heterocycles. The summed E-state index contributed by atoms with van der Waals surface area (Å²) in [6.45, 7) is 2.93. The van der Waals surface area contributed by atoms with E-state index in [0.717, 1.165) is 48.2 Å². The standard InChI is InChI=1S/C25H25NO3/c1-3-4-16-26-18-21(11-8-17-27)23(25(28)20-9-6-5-7-10-20)24(26)19-12-14-22(29-2)15-13-19/h5-15,17-18H,3-4,16H2,1-2H3/b11-8+. The quantitative estimate of drug-likeness (QED) is 0.280. The molecule has 0 radical (unpaired) electrons. The normalized spacial score (nSPS) is 11.0. The number of hydrogen-bond acceptors (Lipinski definition) is 3. The van der Waals surface area contributed by atoms with Crippen LogP contribution in [-0.4, -0.2) is 23.7 Å². The zero-order valence-corrected chi connectivity index (χ0v) is 16.8. The number of ketones is 1. The summed E-state index contributed by atoms with van der Waals surface area (Å²) in [5.41, 5.74) is 3.77. The summed E-state index contributed by atoms with van der Waals surface area (Å²) in [6.07, 6.45) is 7.87. The Morgan fingerprint density at radius 2 is 1.79 bits per heavy atom. The Morgan fingerprint density at radius 3 is 2.41 bits per heavy atom. The molecule has 0 bridgehead atoms. The predicted octanol–water partition coefficient (Wildman–Crippen LogP) is 5.41. The van der Waals surface area contributed by atoms with Crippen molar-refractivity contribution >= 4 is 18.1 Å². The lowest BCUT2D eigenvalue weighted by Crippen LogP contribution is -2.06. The molecule has 4 nitrogen and oxygen atoms in total. The Labute approximate surface area is 171 Å². The van der Waals surface area contributed by atoms with Gasteiger partial charge in [0.15, 0.2) is 5.78 Å². The summed E-state index contributed by atoms with van der Waals surface area (Å²) in [5, 5.41) is 0. The second-order valence-corrected chi connectivity index (χ2v) is 6.77. The second kappa shape index (κ2) is 9.69. The molecule has 29 heavy (non-hydrogen) atoms. The van der Waals surface area contributed by atoms with Crippen LogP contribution in [-0.2, 0) is 11.3 Å². The Balaban J connectivity index is 2.23. The van der Waals surface area contributed by atoms with E-state index in [1.807, 2.05) is 60.8 Å². The molecule has 1 heterocycles. The first kappa shape index (κ1) is 20.3. The summed E-state index contributed by atoms with van der Waals surface area (Å²) < 4.78 is 7.40. The molecule has 0 aliphatic rings. The first-order chi connectivity index (χ1) is 14.2. The van der Waals surface area contributed by atoms with E-state index in [4.69, 9.17) is 4.74 Å². The molecule has 3 rings (SSSR count). The number of hydrogen-bond donors (Lipinski definition) is 0. The third kappa shape index (κ3) is 4.54. The molecule has 4 heteroatoms. The number of aldehydes is 1. The predicted molar refractivity (Wildman–Crippen MR) is 116 cm³/mol. The number of unbranched alkanes of at least 4 members (excludes halogenated alkanes) is 1. The molecule has 0 unspecified atom stereocenters. The van der Waals surface area contributed by atoms with E-state index in [1.54, 1.807) is 13.2 Å². The molecule has 1 aromatic heterocycles. The number of carbonyl (C=O) groups excluding carboxylic acids is 2. The molecule has 0 amide bonds. The SMILES string of the molecule is CCCCn1cc(/C=C/C=O)c(C(=O)c2ccccc2)c1-c1ccc(OC)cc1. The first-order valence-corrected chi connectivity index (χ1v) is 9.78. The largest absolute Gasteiger partial charge is 0.497 e. The van der Waals surface area contributed by atoms with Crippen LogP contribution in [0.3, 0.4) is 0 Å². The lowest BCUT2D eigenvalue weighted by molar-refractivity contribution is -0.104. The Kier molecular flexibility index (Phi) is 6.80. The highest BCUT2D eigenvalue weighted by Gasteiger charge is 2.23. The number of carbonyl (C=O) groups is 2. The van der Waals surface area contributed by atoms with E-state index in [2.05, 4.69) is 11.5 Å². The highest BCUT2D eigenvalue weighted by molar-refractivity contribution is 6.15. The third-order valence-corrected chi connectivity index (χ3v) is 4.84. The van der Waals surface area contributed by atoms with Crippen LogP contribution in [0.2, 0.25) is 0 Å². The fourth-order valence-corrected chi connectivity index (χ4v) is 3.38. The number of rotatable bonds is 9. The highest BCUT2D eigenvalue weighted by atomic mass is 16.5. The maximum absolute atomic E-state index is 13.5. The van der Waals surface area contributed by atoms with Gasteiger partial charge < -0.3 is 9.30 Å². The van der Waals surface area contributed by atoms with Gasteiger partial charge in [-0.2, -0.15) is 0 Å². The van der Waals surface area contributed by atoms with E-state index in [-0.39, 0.29) is 5.78 Å². The zero-order chi connectivity index (χ0) is 20.6. The summed E-state index contributed by atoms with van der Waals surface area (Å²) >= 11 is 0. The van der Waals surface area contributed by atoms with Crippen molar-refractivity contribution < 1.29 is 14.3 Å². The second-order valence-electron chi connectivity index (χ2n) is 6.77. The third-order valence-electron chi connectivity index (χ3n) is 4.84. The molecule has 0 N–H and O–H groups in total. The first-order valence-electron chi connectivity index (χ1n) is 9.78. The van der Waals surface area contributed by atoms with Crippen LogP contribution >= 0.6 is 0 Å². The molecule has 2 aromatic carbocycles. The van der Waals surface area contributed by atoms with Gasteiger partial charge in [-0.15, -0.1) is 0 Å². The fourth-order valence-electron chi connectivity index (χ4n) is 3.38. The van der Waals surface area contributed by atoms with Crippen molar-refractivity contribution in [2.24, 2.45) is 0 Å². The average Bonchev–Trinajstić information content (AvgIpc) is 3.14. The number of aryl methyl sites for hydroxylation is 1. The van der Waals surface area contributed by atoms with Crippen LogP contribution in [0.4, 0.5) is 0 Å². The van der Waals surface area contributed by atoms with Crippen molar-refractivity contribution in [2.45, 2.75) is 26.3 Å². The summed E-state index contributed by atoms with van der Waals surface area (Å²) in [7, 11) is 1.63. The van der Waals surface area contributed by atoms with Crippen LogP contribution in [0.1, 0.15) is 41.3 Å². The summed E-state index contributed by atoms with van der Waals surface area (Å²) in [4.78, 5) is 24.4. The van der Waals surface area contributed by atoms with Crippen molar-refractivity contribution in [3.63, 3.8) is 0 Å². The summed E-state index contributed by atoms with van der Waals surface area (Å²) in [5.74, 6) is 0.703. The maximum atomic E-state index is 13.5. The van der Waals surface area contributed by atoms with Crippen LogP contribution < -0.4 is 4.74 Å². The van der Waals surface area contributed by atoms with Crippen LogP contribution in [0.5, 0.6) is 5.75 Å². The van der Waals surface area contributed by atoms with Gasteiger partial charge in [-0.3, -0.25) is 9.59 Å². The maximum Gasteiger partial charge on any atom is 0.195 e. The Hall–Kier alpha value is -3.40. The van der Waals surface area contributed by atoms with Gasteiger partial charge in [-0.25, -0.2) is 0 Å². The molecular weight excluding hydrogens is 362 g/mol. The number of nitrogens with zero attached hydrogens (tertiary/aromatic N) is 1. The number of allylic oxidation sites excluding steroid dienone is 1. The zero-order valence-electron chi connectivity index (χ0n) is 16.8. The molecule has 148 valence electrons. The van der Waals surface area contributed by atoms with E-state index in [0.29, 0.717) is 11.1 Å². The minimum Gasteiger partial charge on any atom is -0.497 e. The van der Waals surface area contributed by atoms with Gasteiger partial charge in [0, 0.05) is 23.9 Å². The number of benzene rings is 2. The van der Waals surface area contributed by atoms with Crippen molar-refractivity contribution in [3.8, 4) is 17.0 Å². The van der Waals surface area contributed by atoms with Gasteiger partial charge in [-0.05, 0) is 48.4 Å². The minimum absolute atomic E-state index is 0.0581. The van der Waals surface area contributed by atoms with E-state index in [9.17, 15) is 9.59 Å². The van der Waals surface area contributed by atoms with Crippen molar-refractivity contribution in [2.75, 3.05) is 7.11 Å². The Bertz CT molecular complexity index is 999. The fraction of sp³-hybridized carbons (Fsp3) is 0.200. The molecule has 0 aliphatic carbocycles. The molecule has 3 aromatic rings. The smallest absolute Gasteiger partial charge is 0.195 e. The van der Waals surface area contributed by atoms with Gasteiger partial charge in [0.2, 0.25) is 0 Å².